The zero-order chi connectivity index (χ0) is 17.5. The van der Waals surface area contributed by atoms with Gasteiger partial charge in [0.25, 0.3) is 0 Å². The molecule has 2 aromatic rings. The van der Waals surface area contributed by atoms with Gasteiger partial charge in [0.05, 0.1) is 6.54 Å². The largest absolute Gasteiger partial charge is 0.336 e. The van der Waals surface area contributed by atoms with E-state index in [1.807, 2.05) is 44.2 Å². The fraction of sp³-hybridized carbons (Fsp3) is 0.316. The van der Waals surface area contributed by atoms with E-state index in [1.54, 1.807) is 19.4 Å². The topological polar surface area (TPSA) is 62.3 Å². The number of rotatable bonds is 6. The molecule has 0 radical (unpaired) electrons. The minimum Gasteiger partial charge on any atom is -0.336 e. The maximum Gasteiger partial charge on any atom is 0.243 e. The Morgan fingerprint density at radius 2 is 1.96 bits per heavy atom. The van der Waals surface area contributed by atoms with Crippen molar-refractivity contribution in [3.05, 3.63) is 59.4 Å². The van der Waals surface area contributed by atoms with Gasteiger partial charge in [0.15, 0.2) is 0 Å². The number of hydrogen-bond donors (Lipinski definition) is 1. The number of benzene rings is 1. The van der Waals surface area contributed by atoms with Crippen molar-refractivity contribution in [2.24, 2.45) is 0 Å². The van der Waals surface area contributed by atoms with Gasteiger partial charge >= 0.3 is 0 Å². The highest BCUT2D eigenvalue weighted by atomic mass is 16.2. The van der Waals surface area contributed by atoms with Crippen LogP contribution in [0.15, 0.2) is 42.7 Å². The van der Waals surface area contributed by atoms with Crippen LogP contribution in [0.5, 0.6) is 0 Å². The van der Waals surface area contributed by atoms with Crippen LogP contribution in [-0.2, 0) is 16.0 Å². The molecule has 0 fully saturated rings. The summed E-state index contributed by atoms with van der Waals surface area (Å²) in [5, 5.41) is 2.87. The van der Waals surface area contributed by atoms with E-state index in [0.717, 1.165) is 22.4 Å². The number of carbonyl (C=O) groups is 2. The second-order valence-corrected chi connectivity index (χ2v) is 5.91. The fourth-order valence-electron chi connectivity index (χ4n) is 2.37. The quantitative estimate of drug-likeness (QED) is 0.888. The number of amides is 2. The predicted molar refractivity (Wildman–Crippen MR) is 94.7 cm³/mol. The van der Waals surface area contributed by atoms with E-state index in [2.05, 4.69) is 10.3 Å². The SMILES string of the molecule is Cc1cccc(NC(=O)CN(C)C(=O)CCc2cccnc2)c1C. The highest BCUT2D eigenvalue weighted by molar-refractivity contribution is 5.95. The van der Waals surface area contributed by atoms with Gasteiger partial charge in [-0.3, -0.25) is 14.6 Å². The minimum absolute atomic E-state index is 0.0409. The molecule has 0 aliphatic carbocycles. The lowest BCUT2D eigenvalue weighted by molar-refractivity contribution is -0.133. The van der Waals surface area contributed by atoms with E-state index >= 15 is 0 Å². The van der Waals surface area contributed by atoms with E-state index in [0.29, 0.717) is 12.8 Å². The number of aromatic nitrogens is 1. The Hall–Kier alpha value is -2.69. The number of nitrogens with zero attached hydrogens (tertiary/aromatic N) is 2. The molecule has 24 heavy (non-hydrogen) atoms. The molecule has 2 amide bonds. The van der Waals surface area contributed by atoms with Crippen LogP contribution in [0.25, 0.3) is 0 Å². The Morgan fingerprint density at radius 1 is 1.17 bits per heavy atom. The minimum atomic E-state index is -0.194. The van der Waals surface area contributed by atoms with Crippen LogP contribution in [0.4, 0.5) is 5.69 Å². The first-order valence-corrected chi connectivity index (χ1v) is 7.96. The van der Waals surface area contributed by atoms with Gasteiger partial charge in [0.1, 0.15) is 0 Å². The van der Waals surface area contributed by atoms with Crippen molar-refractivity contribution in [2.75, 3.05) is 18.9 Å². The molecule has 0 saturated heterocycles. The molecule has 1 N–H and O–H groups in total. The summed E-state index contributed by atoms with van der Waals surface area (Å²) in [5.74, 6) is -0.254. The summed E-state index contributed by atoms with van der Waals surface area (Å²) in [7, 11) is 1.65. The summed E-state index contributed by atoms with van der Waals surface area (Å²) in [6.07, 6.45) is 4.43. The average molecular weight is 325 g/mol. The van der Waals surface area contributed by atoms with Gasteiger partial charge in [0.2, 0.25) is 11.8 Å². The molecular formula is C19H23N3O2. The predicted octanol–water partition coefficient (Wildman–Crippen LogP) is 2.73. The van der Waals surface area contributed by atoms with Crippen molar-refractivity contribution in [3.8, 4) is 0 Å². The second kappa shape index (κ2) is 8.24. The van der Waals surface area contributed by atoms with Crippen molar-refractivity contribution in [1.29, 1.82) is 0 Å². The third-order valence-electron chi connectivity index (χ3n) is 4.04. The lowest BCUT2D eigenvalue weighted by atomic mass is 10.1. The lowest BCUT2D eigenvalue weighted by Gasteiger charge is -2.17. The Balaban J connectivity index is 1.84. The molecule has 1 aromatic carbocycles. The maximum absolute atomic E-state index is 12.2. The summed E-state index contributed by atoms with van der Waals surface area (Å²) in [6.45, 7) is 4.01. The molecule has 126 valence electrons. The number of carbonyl (C=O) groups excluding carboxylic acids is 2. The van der Waals surface area contributed by atoms with Gasteiger partial charge in [-0.2, -0.15) is 0 Å². The normalized spacial score (nSPS) is 10.3. The van der Waals surface area contributed by atoms with Gasteiger partial charge in [-0.25, -0.2) is 0 Å². The van der Waals surface area contributed by atoms with E-state index in [-0.39, 0.29) is 18.4 Å². The van der Waals surface area contributed by atoms with Gasteiger partial charge in [-0.05, 0) is 49.1 Å². The molecule has 0 saturated carbocycles. The first kappa shape index (κ1) is 17.7. The van der Waals surface area contributed by atoms with E-state index in [9.17, 15) is 9.59 Å². The molecule has 0 atom stereocenters. The highest BCUT2D eigenvalue weighted by Gasteiger charge is 2.14. The van der Waals surface area contributed by atoms with E-state index in [1.165, 1.54) is 4.90 Å². The lowest BCUT2D eigenvalue weighted by Crippen LogP contribution is -2.35. The van der Waals surface area contributed by atoms with Crippen LogP contribution in [-0.4, -0.2) is 35.3 Å². The zero-order valence-electron chi connectivity index (χ0n) is 14.4. The van der Waals surface area contributed by atoms with Gasteiger partial charge in [0, 0.05) is 31.5 Å². The van der Waals surface area contributed by atoms with Gasteiger partial charge in [-0.1, -0.05) is 18.2 Å². The number of nitrogens with one attached hydrogen (secondary N) is 1. The standard InChI is InChI=1S/C19H23N3O2/c1-14-6-4-8-17(15(14)2)21-18(23)13-22(3)19(24)10-9-16-7-5-11-20-12-16/h4-8,11-12H,9-10,13H2,1-3H3,(H,21,23). The number of likely N-dealkylation sites (N-methyl/N-ethyl adjacent to an activating group) is 1. The van der Waals surface area contributed by atoms with Gasteiger partial charge in [-0.15, -0.1) is 0 Å². The number of hydrogen-bond acceptors (Lipinski definition) is 3. The van der Waals surface area contributed by atoms with Crippen LogP contribution >= 0.6 is 0 Å². The molecule has 1 aromatic heterocycles. The smallest absolute Gasteiger partial charge is 0.243 e. The molecule has 0 spiro atoms. The van der Waals surface area contributed by atoms with Crippen LogP contribution in [0.3, 0.4) is 0 Å². The van der Waals surface area contributed by atoms with Crippen molar-refractivity contribution in [1.82, 2.24) is 9.88 Å². The molecule has 5 nitrogen and oxygen atoms in total. The Labute approximate surface area is 142 Å². The number of anilines is 1. The molecule has 0 aliphatic heterocycles. The third-order valence-corrected chi connectivity index (χ3v) is 4.04. The van der Waals surface area contributed by atoms with Crippen molar-refractivity contribution in [2.45, 2.75) is 26.7 Å². The average Bonchev–Trinajstić information content (AvgIpc) is 2.57. The Morgan fingerprint density at radius 3 is 2.67 bits per heavy atom. The summed E-state index contributed by atoms with van der Waals surface area (Å²) >= 11 is 0. The highest BCUT2D eigenvalue weighted by Crippen LogP contribution is 2.17. The molecule has 5 heteroatoms. The summed E-state index contributed by atoms with van der Waals surface area (Å²) in [4.78, 5) is 29.8. The monoisotopic (exact) mass is 325 g/mol. The maximum atomic E-state index is 12.2. The van der Waals surface area contributed by atoms with Crippen LogP contribution in [0, 0.1) is 13.8 Å². The molecular weight excluding hydrogens is 302 g/mol. The van der Waals surface area contributed by atoms with Crippen LogP contribution < -0.4 is 5.32 Å². The number of pyridine rings is 1. The summed E-state index contributed by atoms with van der Waals surface area (Å²) in [6, 6.07) is 9.55. The van der Waals surface area contributed by atoms with Crippen molar-refractivity contribution in [3.63, 3.8) is 0 Å². The molecule has 0 unspecified atom stereocenters. The number of aryl methyl sites for hydroxylation is 2. The molecule has 2 rings (SSSR count). The zero-order valence-corrected chi connectivity index (χ0v) is 14.4. The Kier molecular flexibility index (Phi) is 6.07. The summed E-state index contributed by atoms with van der Waals surface area (Å²) < 4.78 is 0. The van der Waals surface area contributed by atoms with Crippen LogP contribution in [0.2, 0.25) is 0 Å². The summed E-state index contributed by atoms with van der Waals surface area (Å²) in [5.41, 5.74) is 3.96. The molecule has 0 aliphatic rings. The van der Waals surface area contributed by atoms with Crippen LogP contribution in [0.1, 0.15) is 23.1 Å². The van der Waals surface area contributed by atoms with E-state index in [4.69, 9.17) is 0 Å². The van der Waals surface area contributed by atoms with Crippen molar-refractivity contribution >= 4 is 17.5 Å². The molecule has 1 heterocycles. The fourth-order valence-corrected chi connectivity index (χ4v) is 2.37. The Bertz CT molecular complexity index is 714. The van der Waals surface area contributed by atoms with Crippen molar-refractivity contribution < 1.29 is 9.59 Å². The second-order valence-electron chi connectivity index (χ2n) is 5.91. The first-order chi connectivity index (χ1) is 11.5. The van der Waals surface area contributed by atoms with E-state index < -0.39 is 0 Å². The van der Waals surface area contributed by atoms with Gasteiger partial charge < -0.3 is 10.2 Å². The first-order valence-electron chi connectivity index (χ1n) is 7.96. The molecule has 0 bridgehead atoms. The third kappa shape index (κ3) is 4.91.